The molecule has 0 aromatic heterocycles. The molecule has 3 aromatic carbocycles. The van der Waals surface area contributed by atoms with E-state index in [4.69, 9.17) is 19.9 Å². The molecule has 2 amide bonds. The zero-order valence-electron chi connectivity index (χ0n) is 21.9. The number of carbonyl (C=O) groups is 2. The van der Waals surface area contributed by atoms with Crippen LogP contribution in [0.1, 0.15) is 47.2 Å². The quantitative estimate of drug-likeness (QED) is 0.396. The van der Waals surface area contributed by atoms with E-state index >= 15 is 0 Å². The minimum atomic E-state index is -0.537. The smallest absolute Gasteiger partial charge is 0.411 e. The van der Waals surface area contributed by atoms with E-state index in [0.717, 1.165) is 36.8 Å². The SMILES string of the molecule is COc1ccc(C(=O)N(Cc2cccc(NC(=O)OCc3ccccc3)c2)C2CCC(N)CC2)cc1OC. The number of nitrogens with two attached hydrogens (primary N) is 1. The Labute approximate surface area is 223 Å². The normalized spacial score (nSPS) is 16.8. The van der Waals surface area contributed by atoms with Crippen molar-refractivity contribution in [3.8, 4) is 11.5 Å². The Bertz CT molecular complexity index is 1230. The monoisotopic (exact) mass is 517 g/mol. The van der Waals surface area contributed by atoms with Crippen LogP contribution in [-0.4, -0.2) is 43.2 Å². The second-order valence-corrected chi connectivity index (χ2v) is 9.46. The Morgan fingerprint density at radius 2 is 1.58 bits per heavy atom. The van der Waals surface area contributed by atoms with Gasteiger partial charge in [0.1, 0.15) is 6.61 Å². The third-order valence-corrected chi connectivity index (χ3v) is 6.81. The number of rotatable bonds is 9. The molecule has 0 bridgehead atoms. The van der Waals surface area contributed by atoms with Crippen LogP contribution in [0.25, 0.3) is 0 Å². The van der Waals surface area contributed by atoms with Crippen LogP contribution in [0.2, 0.25) is 0 Å². The molecule has 0 unspecified atom stereocenters. The van der Waals surface area contributed by atoms with E-state index in [9.17, 15) is 9.59 Å². The molecule has 1 aliphatic rings. The van der Waals surface area contributed by atoms with Gasteiger partial charge in [-0.1, -0.05) is 42.5 Å². The van der Waals surface area contributed by atoms with Crippen molar-refractivity contribution in [2.24, 2.45) is 5.73 Å². The summed E-state index contributed by atoms with van der Waals surface area (Å²) in [5.74, 6) is 0.980. The second kappa shape index (κ2) is 13.0. The lowest BCUT2D eigenvalue weighted by molar-refractivity contribution is 0.0606. The van der Waals surface area contributed by atoms with Crippen LogP contribution >= 0.6 is 0 Å². The van der Waals surface area contributed by atoms with Gasteiger partial charge in [0.25, 0.3) is 5.91 Å². The number of nitrogens with zero attached hydrogens (tertiary/aromatic N) is 1. The van der Waals surface area contributed by atoms with Gasteiger partial charge in [0, 0.05) is 29.9 Å². The highest BCUT2D eigenvalue weighted by Crippen LogP contribution is 2.30. The first-order chi connectivity index (χ1) is 18.5. The van der Waals surface area contributed by atoms with Crippen molar-refractivity contribution < 1.29 is 23.8 Å². The van der Waals surface area contributed by atoms with Crippen LogP contribution < -0.4 is 20.5 Å². The summed E-state index contributed by atoms with van der Waals surface area (Å²) < 4.78 is 16.1. The van der Waals surface area contributed by atoms with Gasteiger partial charge in [-0.05, 0) is 67.1 Å². The first-order valence-corrected chi connectivity index (χ1v) is 12.8. The molecule has 3 aromatic rings. The molecular weight excluding hydrogens is 482 g/mol. The molecule has 3 N–H and O–H groups in total. The third-order valence-electron chi connectivity index (χ3n) is 6.81. The zero-order chi connectivity index (χ0) is 26.9. The van der Waals surface area contributed by atoms with E-state index in [-0.39, 0.29) is 24.6 Å². The van der Waals surface area contributed by atoms with E-state index in [0.29, 0.717) is 29.3 Å². The van der Waals surface area contributed by atoms with Crippen LogP contribution in [0.5, 0.6) is 11.5 Å². The number of hydrogen-bond donors (Lipinski definition) is 2. The fourth-order valence-electron chi connectivity index (χ4n) is 4.74. The molecule has 1 aliphatic carbocycles. The van der Waals surface area contributed by atoms with Crippen LogP contribution in [0.15, 0.2) is 72.8 Å². The Balaban J connectivity index is 1.49. The molecule has 8 heteroatoms. The Morgan fingerprint density at radius 3 is 2.29 bits per heavy atom. The molecule has 38 heavy (non-hydrogen) atoms. The van der Waals surface area contributed by atoms with Crippen molar-refractivity contribution in [3.05, 3.63) is 89.5 Å². The average Bonchev–Trinajstić information content (AvgIpc) is 2.95. The minimum absolute atomic E-state index is 0.0582. The van der Waals surface area contributed by atoms with Crippen molar-refractivity contribution >= 4 is 17.7 Å². The highest BCUT2D eigenvalue weighted by atomic mass is 16.5. The van der Waals surface area contributed by atoms with Crippen LogP contribution in [0.4, 0.5) is 10.5 Å². The van der Waals surface area contributed by atoms with Gasteiger partial charge in [-0.2, -0.15) is 0 Å². The first kappa shape index (κ1) is 27.0. The molecule has 0 spiro atoms. The molecule has 0 radical (unpaired) electrons. The van der Waals surface area contributed by atoms with Crippen molar-refractivity contribution in [1.29, 1.82) is 0 Å². The Morgan fingerprint density at radius 1 is 0.868 bits per heavy atom. The summed E-state index contributed by atoms with van der Waals surface area (Å²) >= 11 is 0. The van der Waals surface area contributed by atoms with E-state index < -0.39 is 6.09 Å². The molecule has 1 saturated carbocycles. The number of benzene rings is 3. The van der Waals surface area contributed by atoms with Crippen molar-refractivity contribution in [3.63, 3.8) is 0 Å². The lowest BCUT2D eigenvalue weighted by Gasteiger charge is -2.36. The van der Waals surface area contributed by atoms with Gasteiger partial charge >= 0.3 is 6.09 Å². The molecular formula is C30H35N3O5. The molecule has 0 atom stereocenters. The number of amides is 2. The van der Waals surface area contributed by atoms with Crippen LogP contribution in [-0.2, 0) is 17.9 Å². The molecule has 1 fully saturated rings. The number of anilines is 1. The number of carbonyl (C=O) groups excluding carboxylic acids is 2. The van der Waals surface area contributed by atoms with Crippen molar-refractivity contribution in [2.45, 2.75) is 50.9 Å². The summed E-state index contributed by atoms with van der Waals surface area (Å²) in [6.07, 6.45) is 2.88. The largest absolute Gasteiger partial charge is 0.493 e. The number of methoxy groups -OCH3 is 2. The average molecular weight is 518 g/mol. The maximum Gasteiger partial charge on any atom is 0.411 e. The maximum atomic E-state index is 13.8. The summed E-state index contributed by atoms with van der Waals surface area (Å²) in [4.78, 5) is 28.1. The van der Waals surface area contributed by atoms with Crippen molar-refractivity contribution in [2.75, 3.05) is 19.5 Å². The summed E-state index contributed by atoms with van der Waals surface area (Å²) in [6.45, 7) is 0.575. The Hall–Kier alpha value is -4.04. The van der Waals surface area contributed by atoms with E-state index in [1.807, 2.05) is 53.4 Å². The van der Waals surface area contributed by atoms with E-state index in [2.05, 4.69) is 5.32 Å². The Kier molecular flexibility index (Phi) is 9.21. The van der Waals surface area contributed by atoms with E-state index in [1.165, 1.54) is 0 Å². The van der Waals surface area contributed by atoms with Gasteiger partial charge in [-0.3, -0.25) is 10.1 Å². The predicted molar refractivity (Wildman–Crippen MR) is 146 cm³/mol. The number of hydrogen-bond acceptors (Lipinski definition) is 6. The molecule has 0 aliphatic heterocycles. The zero-order valence-corrected chi connectivity index (χ0v) is 21.9. The second-order valence-electron chi connectivity index (χ2n) is 9.46. The molecule has 4 rings (SSSR count). The maximum absolute atomic E-state index is 13.8. The highest BCUT2D eigenvalue weighted by molar-refractivity contribution is 5.95. The van der Waals surface area contributed by atoms with Gasteiger partial charge in [-0.15, -0.1) is 0 Å². The summed E-state index contributed by atoms with van der Waals surface area (Å²) in [5.41, 5.74) is 9.08. The first-order valence-electron chi connectivity index (χ1n) is 12.8. The molecule has 0 heterocycles. The summed E-state index contributed by atoms with van der Waals surface area (Å²) in [5, 5.41) is 2.79. The standard InChI is InChI=1S/C30H35N3O5/c1-36-27-16-11-23(18-28(27)37-2)29(34)33(26-14-12-24(31)13-15-26)19-22-9-6-10-25(17-22)32-30(35)38-20-21-7-4-3-5-8-21/h3-11,16-18,24,26H,12-15,19-20,31H2,1-2H3,(H,32,35). The summed E-state index contributed by atoms with van der Waals surface area (Å²) in [7, 11) is 3.12. The highest BCUT2D eigenvalue weighted by Gasteiger charge is 2.29. The fourth-order valence-corrected chi connectivity index (χ4v) is 4.74. The molecule has 8 nitrogen and oxygen atoms in total. The van der Waals surface area contributed by atoms with Crippen molar-refractivity contribution in [1.82, 2.24) is 4.90 Å². The van der Waals surface area contributed by atoms with Gasteiger partial charge in [0.2, 0.25) is 0 Å². The van der Waals surface area contributed by atoms with Gasteiger partial charge in [0.15, 0.2) is 11.5 Å². The van der Waals surface area contributed by atoms with Gasteiger partial charge in [0.05, 0.1) is 14.2 Å². The lowest BCUT2D eigenvalue weighted by Crippen LogP contribution is -2.43. The van der Waals surface area contributed by atoms with Gasteiger partial charge < -0.3 is 24.8 Å². The topological polar surface area (TPSA) is 103 Å². The van der Waals surface area contributed by atoms with Crippen LogP contribution in [0.3, 0.4) is 0 Å². The number of ether oxygens (including phenoxy) is 3. The van der Waals surface area contributed by atoms with E-state index in [1.54, 1.807) is 38.5 Å². The lowest BCUT2D eigenvalue weighted by atomic mass is 9.90. The number of nitrogens with one attached hydrogen (secondary N) is 1. The molecule has 0 saturated heterocycles. The van der Waals surface area contributed by atoms with Crippen LogP contribution in [0, 0.1) is 0 Å². The van der Waals surface area contributed by atoms with Gasteiger partial charge in [-0.25, -0.2) is 4.79 Å². The summed E-state index contributed by atoms with van der Waals surface area (Å²) in [6, 6.07) is 22.4. The minimum Gasteiger partial charge on any atom is -0.493 e. The third kappa shape index (κ3) is 7.04. The fraction of sp³-hybridized carbons (Fsp3) is 0.333. The molecule has 200 valence electrons. The predicted octanol–water partition coefficient (Wildman–Crippen LogP) is 5.36.